The van der Waals surface area contributed by atoms with Crippen LogP contribution in [0.5, 0.6) is 0 Å². The van der Waals surface area contributed by atoms with Gasteiger partial charge in [-0.15, -0.1) is 11.3 Å². The van der Waals surface area contributed by atoms with Crippen molar-refractivity contribution in [1.82, 2.24) is 9.88 Å². The molecule has 2 rings (SSSR count). The van der Waals surface area contributed by atoms with Gasteiger partial charge >= 0.3 is 0 Å². The smallest absolute Gasteiger partial charge is 0.293 e. The molecule has 1 aromatic heterocycles. The second-order valence-electron chi connectivity index (χ2n) is 5.89. The molecule has 0 bridgehead atoms. The van der Waals surface area contributed by atoms with E-state index in [2.05, 4.69) is 29.0 Å². The zero-order valence-electron chi connectivity index (χ0n) is 12.9. The van der Waals surface area contributed by atoms with E-state index >= 15 is 0 Å². The van der Waals surface area contributed by atoms with Crippen molar-refractivity contribution in [2.75, 3.05) is 26.0 Å². The Bertz CT molecular complexity index is 679. The highest BCUT2D eigenvalue weighted by Crippen LogP contribution is 2.33. The van der Waals surface area contributed by atoms with E-state index in [9.17, 15) is 10.1 Å². The number of thiazole rings is 1. The van der Waals surface area contributed by atoms with E-state index < -0.39 is 0 Å². The first-order valence-corrected chi connectivity index (χ1v) is 7.49. The first-order chi connectivity index (χ1) is 9.70. The number of aryl methyl sites for hydroxylation is 1. The predicted molar refractivity (Wildman–Crippen MR) is 87.3 cm³/mol. The third-order valence-corrected chi connectivity index (χ3v) is 4.67. The number of benzene rings is 1. The lowest BCUT2D eigenvalue weighted by Crippen LogP contribution is -2.44. The second kappa shape index (κ2) is 5.57. The molecule has 2 aromatic rings. The average molecular weight is 308 g/mol. The summed E-state index contributed by atoms with van der Waals surface area (Å²) >= 11 is 1.47. The number of fused-ring (bicyclic) bond motifs is 1. The number of nitrogens with one attached hydrogen (secondary N) is 1. The fourth-order valence-corrected chi connectivity index (χ4v) is 2.68. The molecule has 0 radical (unpaired) electrons. The Hall–Kier alpha value is -1.73. The van der Waals surface area contributed by atoms with Crippen molar-refractivity contribution in [1.29, 1.82) is 0 Å². The molecule has 6 nitrogen and oxygen atoms in total. The molecule has 1 N–H and O–H groups in total. The summed E-state index contributed by atoms with van der Waals surface area (Å²) in [6.07, 6.45) is 0. The maximum atomic E-state index is 11.3. The summed E-state index contributed by atoms with van der Waals surface area (Å²) < 4.78 is 0.844. The number of likely N-dealkylation sites (N-methyl/N-ethyl adjacent to an activating group) is 1. The molecule has 0 saturated carbocycles. The van der Waals surface area contributed by atoms with Gasteiger partial charge < -0.3 is 10.2 Å². The molecule has 1 heterocycles. The molecule has 0 atom stereocenters. The van der Waals surface area contributed by atoms with Crippen LogP contribution in [0.15, 0.2) is 12.1 Å². The zero-order valence-corrected chi connectivity index (χ0v) is 13.7. The normalized spacial score (nSPS) is 12.1. The SMILES string of the molecule is Cc1nc2cc(NCC(C)(C)N(C)C)c([N+](=O)[O-])cc2s1. The van der Waals surface area contributed by atoms with Crippen LogP contribution in [0.2, 0.25) is 0 Å². The van der Waals surface area contributed by atoms with E-state index in [-0.39, 0.29) is 16.1 Å². The molecule has 1 aromatic carbocycles. The van der Waals surface area contributed by atoms with Gasteiger partial charge in [0.15, 0.2) is 0 Å². The van der Waals surface area contributed by atoms with Gasteiger partial charge in [-0.1, -0.05) is 0 Å². The lowest BCUT2D eigenvalue weighted by molar-refractivity contribution is -0.383. The number of hydrogen-bond donors (Lipinski definition) is 1. The monoisotopic (exact) mass is 308 g/mol. The molecule has 0 fully saturated rings. The lowest BCUT2D eigenvalue weighted by Gasteiger charge is -2.32. The molecule has 0 amide bonds. The number of aromatic nitrogens is 1. The minimum absolute atomic E-state index is 0.0979. The summed E-state index contributed by atoms with van der Waals surface area (Å²) in [6, 6.07) is 3.37. The number of anilines is 1. The number of nitro benzene ring substituents is 1. The van der Waals surface area contributed by atoms with Crippen LogP contribution in [-0.4, -0.2) is 41.0 Å². The summed E-state index contributed by atoms with van der Waals surface area (Å²) in [5, 5.41) is 15.4. The quantitative estimate of drug-likeness (QED) is 0.678. The molecule has 114 valence electrons. The Labute approximate surface area is 127 Å². The third-order valence-electron chi connectivity index (χ3n) is 3.73. The highest BCUT2D eigenvalue weighted by Gasteiger charge is 2.23. The standard InChI is InChI=1S/C14H20N4O2S/c1-9-16-11-6-10(15-8-14(2,3)17(4)5)12(18(19)20)7-13(11)21-9/h6-7,15H,8H2,1-5H3. The maximum Gasteiger partial charge on any atom is 0.293 e. The highest BCUT2D eigenvalue weighted by molar-refractivity contribution is 7.18. The van der Waals surface area contributed by atoms with Gasteiger partial charge in [-0.05, 0) is 40.9 Å². The van der Waals surface area contributed by atoms with Gasteiger partial charge in [-0.25, -0.2) is 4.98 Å². The van der Waals surface area contributed by atoms with Gasteiger partial charge in [0.2, 0.25) is 0 Å². The topological polar surface area (TPSA) is 71.3 Å². The van der Waals surface area contributed by atoms with Gasteiger partial charge in [0.05, 0.1) is 20.1 Å². The highest BCUT2D eigenvalue weighted by atomic mass is 32.1. The molecule has 0 aliphatic rings. The van der Waals surface area contributed by atoms with Crippen LogP contribution >= 0.6 is 11.3 Å². The molecule has 0 spiro atoms. The van der Waals surface area contributed by atoms with E-state index in [1.165, 1.54) is 11.3 Å². The predicted octanol–water partition coefficient (Wildman–Crippen LogP) is 3.27. The van der Waals surface area contributed by atoms with Gasteiger partial charge in [0, 0.05) is 18.2 Å². The van der Waals surface area contributed by atoms with Crippen LogP contribution in [-0.2, 0) is 0 Å². The van der Waals surface area contributed by atoms with Crippen LogP contribution in [0, 0.1) is 17.0 Å². The lowest BCUT2D eigenvalue weighted by atomic mass is 10.0. The average Bonchev–Trinajstić information content (AvgIpc) is 2.73. The number of rotatable bonds is 5. The van der Waals surface area contributed by atoms with Crippen molar-refractivity contribution in [3.63, 3.8) is 0 Å². The van der Waals surface area contributed by atoms with Crippen molar-refractivity contribution in [3.05, 3.63) is 27.3 Å². The fourth-order valence-electron chi connectivity index (χ4n) is 1.84. The molecule has 7 heteroatoms. The number of hydrogen-bond acceptors (Lipinski definition) is 6. The van der Waals surface area contributed by atoms with Crippen molar-refractivity contribution >= 4 is 32.9 Å². The van der Waals surface area contributed by atoms with E-state index in [1.807, 2.05) is 21.0 Å². The van der Waals surface area contributed by atoms with Crippen molar-refractivity contribution in [2.45, 2.75) is 26.3 Å². The Morgan fingerprint density at radius 2 is 2.10 bits per heavy atom. The minimum Gasteiger partial charge on any atom is -0.378 e. The Kier molecular flexibility index (Phi) is 4.15. The van der Waals surface area contributed by atoms with E-state index in [4.69, 9.17) is 0 Å². The van der Waals surface area contributed by atoms with Gasteiger partial charge in [0.1, 0.15) is 5.69 Å². The van der Waals surface area contributed by atoms with Gasteiger partial charge in [0.25, 0.3) is 5.69 Å². The number of nitro groups is 1. The first-order valence-electron chi connectivity index (χ1n) is 6.67. The maximum absolute atomic E-state index is 11.3. The molecule has 0 unspecified atom stereocenters. The summed E-state index contributed by atoms with van der Waals surface area (Å²) in [4.78, 5) is 17.4. The van der Waals surface area contributed by atoms with Gasteiger partial charge in [-0.2, -0.15) is 0 Å². The van der Waals surface area contributed by atoms with E-state index in [0.717, 1.165) is 15.2 Å². The molecule has 0 aliphatic heterocycles. The van der Waals surface area contributed by atoms with Crippen LogP contribution in [0.3, 0.4) is 0 Å². The Morgan fingerprint density at radius 3 is 2.67 bits per heavy atom. The fraction of sp³-hybridized carbons (Fsp3) is 0.500. The van der Waals surface area contributed by atoms with Crippen LogP contribution < -0.4 is 5.32 Å². The first kappa shape index (κ1) is 15.7. The molecule has 0 saturated heterocycles. The minimum atomic E-state index is -0.348. The Morgan fingerprint density at radius 1 is 1.43 bits per heavy atom. The van der Waals surface area contributed by atoms with Crippen molar-refractivity contribution in [2.24, 2.45) is 0 Å². The van der Waals surface area contributed by atoms with Crippen molar-refractivity contribution < 1.29 is 4.92 Å². The second-order valence-corrected chi connectivity index (χ2v) is 7.12. The van der Waals surface area contributed by atoms with Crippen LogP contribution in [0.25, 0.3) is 10.2 Å². The van der Waals surface area contributed by atoms with Crippen LogP contribution in [0.1, 0.15) is 18.9 Å². The largest absolute Gasteiger partial charge is 0.378 e. The van der Waals surface area contributed by atoms with E-state index in [1.54, 1.807) is 12.1 Å². The van der Waals surface area contributed by atoms with Crippen LogP contribution in [0.4, 0.5) is 11.4 Å². The third kappa shape index (κ3) is 3.30. The Balaban J connectivity index is 2.37. The zero-order chi connectivity index (χ0) is 15.8. The summed E-state index contributed by atoms with van der Waals surface area (Å²) in [5.74, 6) is 0. The molecule has 21 heavy (non-hydrogen) atoms. The van der Waals surface area contributed by atoms with E-state index in [0.29, 0.717) is 12.2 Å². The number of nitrogens with zero attached hydrogens (tertiary/aromatic N) is 3. The molecular formula is C14H20N4O2S. The van der Waals surface area contributed by atoms with Gasteiger partial charge in [-0.3, -0.25) is 10.1 Å². The van der Waals surface area contributed by atoms with Crippen molar-refractivity contribution in [3.8, 4) is 0 Å². The summed E-state index contributed by atoms with van der Waals surface area (Å²) in [6.45, 7) is 6.67. The summed E-state index contributed by atoms with van der Waals surface area (Å²) in [5.41, 5.74) is 1.31. The molecule has 0 aliphatic carbocycles. The summed E-state index contributed by atoms with van der Waals surface area (Å²) in [7, 11) is 3.98. The molecular weight excluding hydrogens is 288 g/mol.